The normalized spacial score (nSPS) is 13.4. The number of nitrogens with two attached hydrogens (primary N) is 1. The van der Waals surface area contributed by atoms with E-state index in [0.717, 1.165) is 6.07 Å². The summed E-state index contributed by atoms with van der Waals surface area (Å²) in [7, 11) is 3.25. The van der Waals surface area contributed by atoms with Crippen LogP contribution in [0.3, 0.4) is 0 Å². The number of hydrogen-bond acceptors (Lipinski definition) is 6. The quantitative estimate of drug-likeness (QED) is 0.299. The Bertz CT molecular complexity index is 1050. The van der Waals surface area contributed by atoms with Gasteiger partial charge in [-0.1, -0.05) is 6.92 Å². The molecule has 0 fully saturated rings. The Hall–Kier alpha value is -3.72. The molecule has 0 bridgehead atoms. The van der Waals surface area contributed by atoms with Crippen molar-refractivity contribution in [1.82, 2.24) is 5.32 Å². The van der Waals surface area contributed by atoms with Crippen LogP contribution >= 0.6 is 0 Å². The fourth-order valence-electron chi connectivity index (χ4n) is 2.80. The summed E-state index contributed by atoms with van der Waals surface area (Å²) in [6.07, 6.45) is 4.03. The number of carbonyl (C=O) groups is 2. The molecule has 0 aliphatic heterocycles. The Balaban J connectivity index is 2.46. The third-order valence-electron chi connectivity index (χ3n) is 4.67. The first kappa shape index (κ1) is 25.5. The first-order valence-corrected chi connectivity index (χ1v) is 10.2. The van der Waals surface area contributed by atoms with Crippen molar-refractivity contribution in [1.29, 1.82) is 0 Å². The van der Waals surface area contributed by atoms with Gasteiger partial charge in [0.1, 0.15) is 34.5 Å². The zero-order valence-electron chi connectivity index (χ0n) is 19.1. The minimum atomic E-state index is -0.724. The third kappa shape index (κ3) is 7.43. The summed E-state index contributed by atoms with van der Waals surface area (Å²) >= 11 is 0. The van der Waals surface area contributed by atoms with E-state index in [1.54, 1.807) is 20.2 Å². The first-order valence-electron chi connectivity index (χ1n) is 10.2. The van der Waals surface area contributed by atoms with E-state index >= 15 is 0 Å². The summed E-state index contributed by atoms with van der Waals surface area (Å²) in [6, 6.07) is 8.36. The molecule has 2 aromatic rings. The maximum Gasteiger partial charge on any atom is 0.279 e. The molecule has 0 radical (unpaired) electrons. The molecule has 1 amide bonds. The SMILES string of the molecule is CCC(C)(COC)Oc1cc(Oc2ccc(C=O)c(F)c2)cc(C(=O)N=C(N)/C=C\NC)c1. The average Bonchev–Trinajstić information content (AvgIpc) is 2.77. The molecule has 8 nitrogen and oxygen atoms in total. The van der Waals surface area contributed by atoms with Crippen molar-refractivity contribution in [3.8, 4) is 17.2 Å². The predicted octanol–water partition coefficient (Wildman–Crippen LogP) is 3.85. The number of carbonyl (C=O) groups excluding carboxylic acids is 2. The average molecular weight is 458 g/mol. The Kier molecular flexibility index (Phi) is 9.11. The lowest BCUT2D eigenvalue weighted by Gasteiger charge is -2.29. The third-order valence-corrected chi connectivity index (χ3v) is 4.67. The highest BCUT2D eigenvalue weighted by Crippen LogP contribution is 2.31. The van der Waals surface area contributed by atoms with Crippen LogP contribution in [0.15, 0.2) is 53.7 Å². The molecule has 0 spiro atoms. The number of amides is 1. The summed E-state index contributed by atoms with van der Waals surface area (Å²) in [6.45, 7) is 4.13. The molecule has 2 rings (SSSR count). The second-order valence-electron chi connectivity index (χ2n) is 7.40. The smallest absolute Gasteiger partial charge is 0.279 e. The molecular weight excluding hydrogens is 429 g/mol. The van der Waals surface area contributed by atoms with Gasteiger partial charge >= 0.3 is 0 Å². The first-order chi connectivity index (χ1) is 15.7. The van der Waals surface area contributed by atoms with Crippen LogP contribution in [-0.2, 0) is 4.74 Å². The van der Waals surface area contributed by atoms with Gasteiger partial charge in [0.25, 0.3) is 5.91 Å². The highest BCUT2D eigenvalue weighted by molar-refractivity contribution is 6.06. The van der Waals surface area contributed by atoms with E-state index in [-0.39, 0.29) is 28.5 Å². The van der Waals surface area contributed by atoms with Gasteiger partial charge in [0, 0.05) is 31.9 Å². The molecule has 33 heavy (non-hydrogen) atoms. The number of amidine groups is 1. The zero-order chi connectivity index (χ0) is 24.4. The number of benzene rings is 2. The number of aldehydes is 1. The summed E-state index contributed by atoms with van der Waals surface area (Å²) in [4.78, 5) is 27.4. The van der Waals surface area contributed by atoms with Crippen molar-refractivity contribution >= 4 is 18.0 Å². The minimum absolute atomic E-state index is 0.00689. The van der Waals surface area contributed by atoms with Crippen molar-refractivity contribution in [3.05, 3.63) is 65.6 Å². The Morgan fingerprint density at radius 1 is 1.21 bits per heavy atom. The highest BCUT2D eigenvalue weighted by atomic mass is 19.1. The maximum atomic E-state index is 14.0. The van der Waals surface area contributed by atoms with Crippen LogP contribution in [0.1, 0.15) is 41.0 Å². The van der Waals surface area contributed by atoms with E-state index < -0.39 is 17.3 Å². The Morgan fingerprint density at radius 2 is 1.94 bits per heavy atom. The zero-order valence-corrected chi connectivity index (χ0v) is 19.1. The van der Waals surface area contributed by atoms with E-state index in [1.165, 1.54) is 36.5 Å². The van der Waals surface area contributed by atoms with Gasteiger partial charge in [-0.3, -0.25) is 9.59 Å². The van der Waals surface area contributed by atoms with Gasteiger partial charge in [0.15, 0.2) is 6.29 Å². The van der Waals surface area contributed by atoms with Crippen LogP contribution < -0.4 is 20.5 Å². The fourth-order valence-corrected chi connectivity index (χ4v) is 2.80. The second kappa shape index (κ2) is 11.8. The monoisotopic (exact) mass is 457 g/mol. The molecule has 3 N–H and O–H groups in total. The van der Waals surface area contributed by atoms with Crippen LogP contribution in [0, 0.1) is 5.82 Å². The van der Waals surface area contributed by atoms with E-state index in [1.807, 2.05) is 13.8 Å². The lowest BCUT2D eigenvalue weighted by molar-refractivity contribution is 0.00121. The molecule has 0 saturated heterocycles. The fraction of sp³-hybridized carbons (Fsp3) is 0.292. The standard InChI is InChI=1S/C24H28FN3O5/c1-5-24(2,15-31-4)33-20-11-17(23(30)28-22(26)8-9-27-3)10-19(12-20)32-18-7-6-16(14-29)21(25)13-18/h6-14,27H,5,15H2,1-4H3,(H2,26,28,30)/b9-8-. The van der Waals surface area contributed by atoms with Gasteiger partial charge in [-0.15, -0.1) is 0 Å². The highest BCUT2D eigenvalue weighted by Gasteiger charge is 2.25. The lowest BCUT2D eigenvalue weighted by Crippen LogP contribution is -2.36. The van der Waals surface area contributed by atoms with Crippen LogP contribution in [0.25, 0.3) is 0 Å². The van der Waals surface area contributed by atoms with E-state index in [9.17, 15) is 14.0 Å². The van der Waals surface area contributed by atoms with E-state index in [0.29, 0.717) is 25.1 Å². The summed E-state index contributed by atoms with van der Waals surface area (Å²) < 4.78 is 31.1. The largest absolute Gasteiger partial charge is 0.485 e. The topological polar surface area (TPSA) is 112 Å². The van der Waals surface area contributed by atoms with Gasteiger partial charge in [-0.25, -0.2) is 4.39 Å². The molecule has 0 saturated carbocycles. The van der Waals surface area contributed by atoms with Crippen molar-refractivity contribution in [2.24, 2.45) is 10.7 Å². The van der Waals surface area contributed by atoms with E-state index in [4.69, 9.17) is 19.9 Å². The van der Waals surface area contributed by atoms with Crippen molar-refractivity contribution in [2.45, 2.75) is 25.9 Å². The molecule has 0 heterocycles. The molecule has 1 atom stereocenters. The lowest BCUT2D eigenvalue weighted by atomic mass is 10.0. The number of nitrogens with one attached hydrogen (secondary N) is 1. The van der Waals surface area contributed by atoms with Gasteiger partial charge in [-0.2, -0.15) is 4.99 Å². The molecule has 1 unspecified atom stereocenters. The summed E-state index contributed by atoms with van der Waals surface area (Å²) in [5, 5.41) is 2.76. The summed E-state index contributed by atoms with van der Waals surface area (Å²) in [5.74, 6) is -0.642. The maximum absolute atomic E-state index is 14.0. The van der Waals surface area contributed by atoms with Crippen molar-refractivity contribution < 1.29 is 28.2 Å². The number of rotatable bonds is 11. The number of halogens is 1. The number of nitrogens with zero attached hydrogens (tertiary/aromatic N) is 1. The molecule has 0 aliphatic rings. The number of aliphatic imine (C=N–C) groups is 1. The number of hydrogen-bond donors (Lipinski definition) is 2. The molecule has 0 aliphatic carbocycles. The van der Waals surface area contributed by atoms with Crippen LogP contribution in [-0.4, -0.2) is 44.4 Å². The van der Waals surface area contributed by atoms with E-state index in [2.05, 4.69) is 10.3 Å². The molecule has 0 aromatic heterocycles. The Labute approximate surface area is 192 Å². The minimum Gasteiger partial charge on any atom is -0.485 e. The van der Waals surface area contributed by atoms with Gasteiger partial charge in [0.2, 0.25) is 0 Å². The van der Waals surface area contributed by atoms with Crippen molar-refractivity contribution in [2.75, 3.05) is 20.8 Å². The molecule has 176 valence electrons. The van der Waals surface area contributed by atoms with Gasteiger partial charge in [-0.05, 0) is 49.9 Å². The predicted molar refractivity (Wildman–Crippen MR) is 124 cm³/mol. The molecule has 2 aromatic carbocycles. The Morgan fingerprint density at radius 3 is 2.55 bits per heavy atom. The van der Waals surface area contributed by atoms with Crippen LogP contribution in [0.5, 0.6) is 17.2 Å². The number of ether oxygens (including phenoxy) is 3. The van der Waals surface area contributed by atoms with Gasteiger partial charge in [0.05, 0.1) is 12.2 Å². The number of methoxy groups -OCH3 is 1. The molecular formula is C24H28FN3O5. The second-order valence-corrected chi connectivity index (χ2v) is 7.40. The summed E-state index contributed by atoms with van der Waals surface area (Å²) in [5.41, 5.74) is 5.16. The van der Waals surface area contributed by atoms with Crippen molar-refractivity contribution in [3.63, 3.8) is 0 Å². The molecule has 9 heteroatoms. The van der Waals surface area contributed by atoms with Crippen LogP contribution in [0.2, 0.25) is 0 Å². The van der Waals surface area contributed by atoms with Gasteiger partial charge < -0.3 is 25.3 Å². The van der Waals surface area contributed by atoms with Crippen LogP contribution in [0.4, 0.5) is 4.39 Å².